The second-order valence-corrected chi connectivity index (χ2v) is 5.04. The van der Waals surface area contributed by atoms with Gasteiger partial charge in [0.05, 0.1) is 12.0 Å². The molecule has 0 radical (unpaired) electrons. The van der Waals surface area contributed by atoms with Crippen LogP contribution in [-0.4, -0.2) is 55.6 Å². The highest BCUT2D eigenvalue weighted by Gasteiger charge is 2.13. The molecule has 102 valence electrons. The highest BCUT2D eigenvalue weighted by Crippen LogP contribution is 2.07. The molecule has 1 rings (SSSR count). The van der Waals surface area contributed by atoms with Crippen LogP contribution in [0.3, 0.4) is 0 Å². The van der Waals surface area contributed by atoms with Crippen LogP contribution in [0.25, 0.3) is 0 Å². The van der Waals surface area contributed by atoms with Crippen LogP contribution in [0, 0.1) is 17.2 Å². The first-order valence-electron chi connectivity index (χ1n) is 6.74. The summed E-state index contributed by atoms with van der Waals surface area (Å²) >= 11 is 0. The minimum Gasteiger partial charge on any atom is -0.337 e. The molecule has 1 aliphatic rings. The van der Waals surface area contributed by atoms with Crippen LogP contribution in [0.15, 0.2) is 0 Å². The van der Waals surface area contributed by atoms with Crippen LogP contribution in [-0.2, 0) is 0 Å². The van der Waals surface area contributed by atoms with Gasteiger partial charge in [0.2, 0.25) is 0 Å². The summed E-state index contributed by atoms with van der Waals surface area (Å²) in [6, 6.07) is 2.01. The van der Waals surface area contributed by atoms with E-state index in [0.29, 0.717) is 6.54 Å². The molecule has 1 unspecified atom stereocenters. The van der Waals surface area contributed by atoms with Crippen molar-refractivity contribution in [2.75, 3.05) is 39.8 Å². The minimum absolute atomic E-state index is 0.0847. The van der Waals surface area contributed by atoms with Crippen molar-refractivity contribution in [1.82, 2.24) is 15.1 Å². The molecule has 1 atom stereocenters. The Labute approximate surface area is 110 Å². The predicted molar refractivity (Wildman–Crippen MR) is 71.1 cm³/mol. The van der Waals surface area contributed by atoms with E-state index >= 15 is 0 Å². The Balaban J connectivity index is 2.09. The summed E-state index contributed by atoms with van der Waals surface area (Å²) in [5.41, 5.74) is 0. The largest absolute Gasteiger partial charge is 0.337 e. The van der Waals surface area contributed by atoms with Gasteiger partial charge in [-0.25, -0.2) is 4.79 Å². The normalized spacial score (nSPS) is 17.2. The third-order valence-electron chi connectivity index (χ3n) is 3.29. The molecular formula is C13H24N4O. The summed E-state index contributed by atoms with van der Waals surface area (Å²) in [5.74, 6) is -0.132. The average molecular weight is 252 g/mol. The predicted octanol–water partition coefficient (Wildman–Crippen LogP) is 1.27. The van der Waals surface area contributed by atoms with Gasteiger partial charge in [-0.1, -0.05) is 0 Å². The monoisotopic (exact) mass is 252 g/mol. The smallest absolute Gasteiger partial charge is 0.317 e. The van der Waals surface area contributed by atoms with Gasteiger partial charge < -0.3 is 15.1 Å². The third-order valence-corrected chi connectivity index (χ3v) is 3.29. The molecule has 1 fully saturated rings. The van der Waals surface area contributed by atoms with Crippen molar-refractivity contribution >= 4 is 6.03 Å². The van der Waals surface area contributed by atoms with Crippen LogP contribution >= 0.6 is 0 Å². The number of hydrogen-bond donors (Lipinski definition) is 1. The first kappa shape index (κ1) is 14.8. The molecular weight excluding hydrogens is 228 g/mol. The summed E-state index contributed by atoms with van der Waals surface area (Å²) in [5, 5.41) is 11.4. The maximum Gasteiger partial charge on any atom is 0.317 e. The third kappa shape index (κ3) is 5.37. The van der Waals surface area contributed by atoms with E-state index in [4.69, 9.17) is 5.26 Å². The summed E-state index contributed by atoms with van der Waals surface area (Å²) in [6.45, 7) is 6.47. The van der Waals surface area contributed by atoms with E-state index in [0.717, 1.165) is 19.5 Å². The lowest BCUT2D eigenvalue weighted by molar-refractivity contribution is 0.204. The maximum absolute atomic E-state index is 11.7. The Morgan fingerprint density at radius 1 is 1.50 bits per heavy atom. The molecule has 2 amide bonds. The molecule has 1 heterocycles. The lowest BCUT2D eigenvalue weighted by Crippen LogP contribution is -2.40. The molecule has 0 aromatic rings. The SMILES string of the molecule is CC(C#N)CNC(=O)N(C)CCCN1CCCC1. The van der Waals surface area contributed by atoms with E-state index in [-0.39, 0.29) is 11.9 Å². The molecule has 5 heteroatoms. The number of hydrogen-bond acceptors (Lipinski definition) is 3. The average Bonchev–Trinajstić information content (AvgIpc) is 2.88. The lowest BCUT2D eigenvalue weighted by atomic mass is 10.2. The molecule has 5 nitrogen and oxygen atoms in total. The number of carbonyl (C=O) groups excluding carboxylic acids is 1. The quantitative estimate of drug-likeness (QED) is 0.774. The molecule has 18 heavy (non-hydrogen) atoms. The van der Waals surface area contributed by atoms with Crippen LogP contribution in [0.1, 0.15) is 26.2 Å². The van der Waals surface area contributed by atoms with Crippen molar-refractivity contribution in [3.8, 4) is 6.07 Å². The zero-order valence-corrected chi connectivity index (χ0v) is 11.5. The summed E-state index contributed by atoms with van der Waals surface area (Å²) < 4.78 is 0. The van der Waals surface area contributed by atoms with Crippen LogP contribution in [0.4, 0.5) is 4.79 Å². The molecule has 1 aliphatic heterocycles. The topological polar surface area (TPSA) is 59.4 Å². The molecule has 0 aromatic carbocycles. The Bertz CT molecular complexity index is 294. The van der Waals surface area contributed by atoms with E-state index in [9.17, 15) is 4.79 Å². The van der Waals surface area contributed by atoms with E-state index in [1.54, 1.807) is 18.9 Å². The van der Waals surface area contributed by atoms with Gasteiger partial charge in [-0.15, -0.1) is 0 Å². The van der Waals surface area contributed by atoms with E-state index in [1.165, 1.54) is 25.9 Å². The van der Waals surface area contributed by atoms with Gasteiger partial charge >= 0.3 is 6.03 Å². The number of amides is 2. The molecule has 1 N–H and O–H groups in total. The van der Waals surface area contributed by atoms with Gasteiger partial charge in [0.25, 0.3) is 0 Å². The summed E-state index contributed by atoms with van der Waals surface area (Å²) in [4.78, 5) is 15.8. The number of nitrogens with zero attached hydrogens (tertiary/aromatic N) is 3. The molecule has 0 aromatic heterocycles. The van der Waals surface area contributed by atoms with Crippen molar-refractivity contribution < 1.29 is 4.79 Å². The zero-order valence-electron chi connectivity index (χ0n) is 11.5. The van der Waals surface area contributed by atoms with Gasteiger partial charge in [-0.05, 0) is 45.8 Å². The van der Waals surface area contributed by atoms with Gasteiger partial charge in [-0.2, -0.15) is 5.26 Å². The van der Waals surface area contributed by atoms with Crippen LogP contribution in [0.5, 0.6) is 0 Å². The van der Waals surface area contributed by atoms with Crippen molar-refractivity contribution in [3.05, 3.63) is 0 Å². The number of urea groups is 1. The second-order valence-electron chi connectivity index (χ2n) is 5.04. The number of likely N-dealkylation sites (tertiary alicyclic amines) is 1. The van der Waals surface area contributed by atoms with Gasteiger partial charge in [0, 0.05) is 20.1 Å². The highest BCUT2D eigenvalue weighted by atomic mass is 16.2. The maximum atomic E-state index is 11.7. The fraction of sp³-hybridized carbons (Fsp3) is 0.846. The van der Waals surface area contributed by atoms with E-state index in [1.807, 2.05) is 0 Å². The first-order chi connectivity index (χ1) is 8.63. The second kappa shape index (κ2) is 7.93. The van der Waals surface area contributed by atoms with Crippen LogP contribution < -0.4 is 5.32 Å². The first-order valence-corrected chi connectivity index (χ1v) is 6.74. The van der Waals surface area contributed by atoms with Crippen molar-refractivity contribution in [3.63, 3.8) is 0 Å². The van der Waals surface area contributed by atoms with Crippen LogP contribution in [0.2, 0.25) is 0 Å². The Morgan fingerprint density at radius 2 is 2.17 bits per heavy atom. The number of carbonyl (C=O) groups is 1. The zero-order chi connectivity index (χ0) is 13.4. The van der Waals surface area contributed by atoms with Crippen molar-refractivity contribution in [2.24, 2.45) is 5.92 Å². The lowest BCUT2D eigenvalue weighted by Gasteiger charge is -2.20. The van der Waals surface area contributed by atoms with Gasteiger partial charge in [0.1, 0.15) is 0 Å². The molecule has 0 bridgehead atoms. The number of rotatable bonds is 6. The Kier molecular flexibility index (Phi) is 6.51. The van der Waals surface area contributed by atoms with E-state index in [2.05, 4.69) is 16.3 Å². The molecule has 0 spiro atoms. The summed E-state index contributed by atoms with van der Waals surface area (Å²) in [7, 11) is 1.80. The van der Waals surface area contributed by atoms with Crippen molar-refractivity contribution in [1.29, 1.82) is 5.26 Å². The minimum atomic E-state index is -0.132. The molecule has 1 saturated heterocycles. The standard InChI is InChI=1S/C13H24N4O/c1-12(10-14)11-15-13(18)16(2)6-5-9-17-7-3-4-8-17/h12H,3-9,11H2,1-2H3,(H,15,18). The van der Waals surface area contributed by atoms with Gasteiger partial charge in [-0.3, -0.25) is 0 Å². The fourth-order valence-electron chi connectivity index (χ4n) is 2.06. The molecule has 0 saturated carbocycles. The highest BCUT2D eigenvalue weighted by molar-refractivity contribution is 5.73. The number of nitrogens with one attached hydrogen (secondary N) is 1. The van der Waals surface area contributed by atoms with E-state index < -0.39 is 0 Å². The Hall–Kier alpha value is -1.28. The summed E-state index contributed by atoms with van der Waals surface area (Å²) in [6.07, 6.45) is 3.63. The fourth-order valence-corrected chi connectivity index (χ4v) is 2.06. The Morgan fingerprint density at radius 3 is 2.78 bits per heavy atom. The van der Waals surface area contributed by atoms with Crippen molar-refractivity contribution in [2.45, 2.75) is 26.2 Å². The number of nitriles is 1. The molecule has 0 aliphatic carbocycles. The van der Waals surface area contributed by atoms with Gasteiger partial charge in [0.15, 0.2) is 0 Å².